The average molecular weight is 357 g/mol. The summed E-state index contributed by atoms with van der Waals surface area (Å²) in [6.45, 7) is 3.02. The smallest absolute Gasteiger partial charge is 0.276 e. The lowest BCUT2D eigenvalue weighted by Crippen LogP contribution is -2.44. The summed E-state index contributed by atoms with van der Waals surface area (Å²) in [4.78, 5) is 16.3. The van der Waals surface area contributed by atoms with E-state index in [1.54, 1.807) is 13.1 Å². The first-order chi connectivity index (χ1) is 12.6. The number of hydrogen-bond acceptors (Lipinski definition) is 6. The molecule has 2 aliphatic rings. The molecule has 1 fully saturated rings. The Hall–Kier alpha value is -2.22. The van der Waals surface area contributed by atoms with Gasteiger partial charge in [-0.1, -0.05) is 29.4 Å². The fourth-order valence-corrected chi connectivity index (χ4v) is 3.63. The van der Waals surface area contributed by atoms with Gasteiger partial charge in [0.1, 0.15) is 0 Å². The monoisotopic (exact) mass is 357 g/mol. The minimum Gasteiger partial charge on any atom is -0.388 e. The van der Waals surface area contributed by atoms with E-state index in [0.717, 1.165) is 19.5 Å². The number of amides is 1. The normalized spacial score (nSPS) is 23.0. The van der Waals surface area contributed by atoms with Crippen LogP contribution < -0.4 is 0 Å². The van der Waals surface area contributed by atoms with E-state index in [-0.39, 0.29) is 24.2 Å². The molecular formula is C19H23N3O4. The third-order valence-electron chi connectivity index (χ3n) is 5.21. The van der Waals surface area contributed by atoms with E-state index in [1.807, 2.05) is 0 Å². The molecule has 138 valence electrons. The van der Waals surface area contributed by atoms with Crippen LogP contribution in [0.3, 0.4) is 0 Å². The van der Waals surface area contributed by atoms with Crippen molar-refractivity contribution in [3.05, 3.63) is 52.9 Å². The van der Waals surface area contributed by atoms with Gasteiger partial charge in [0.05, 0.1) is 31.9 Å². The van der Waals surface area contributed by atoms with Crippen molar-refractivity contribution in [2.75, 3.05) is 26.8 Å². The first-order valence-electron chi connectivity index (χ1n) is 8.89. The largest absolute Gasteiger partial charge is 0.388 e. The lowest BCUT2D eigenvalue weighted by molar-refractivity contribution is 0.0571. The molecule has 0 aliphatic carbocycles. The molecule has 7 heteroatoms. The third kappa shape index (κ3) is 3.38. The van der Waals surface area contributed by atoms with Crippen molar-refractivity contribution in [2.45, 2.75) is 31.7 Å². The van der Waals surface area contributed by atoms with Crippen molar-refractivity contribution in [2.24, 2.45) is 0 Å². The van der Waals surface area contributed by atoms with E-state index in [9.17, 15) is 9.90 Å². The predicted octanol–water partition coefficient (Wildman–Crippen LogP) is 1.06. The first kappa shape index (κ1) is 17.2. The number of carbonyl (C=O) groups excluding carboxylic acids is 1. The Labute approximate surface area is 152 Å². The number of aliphatic hydroxyl groups is 1. The molecule has 0 spiro atoms. The van der Waals surface area contributed by atoms with E-state index >= 15 is 0 Å². The fraction of sp³-hybridized carbons (Fsp3) is 0.474. The summed E-state index contributed by atoms with van der Waals surface area (Å²) in [6, 6.07) is 9.81. The second kappa shape index (κ2) is 7.19. The lowest BCUT2D eigenvalue weighted by Gasteiger charge is -2.27. The number of hydrogen-bond donors (Lipinski definition) is 1. The summed E-state index contributed by atoms with van der Waals surface area (Å²) in [5.41, 5.74) is 3.00. The molecule has 0 saturated carbocycles. The van der Waals surface area contributed by atoms with Crippen LogP contribution in [-0.2, 0) is 24.2 Å². The second-order valence-corrected chi connectivity index (χ2v) is 7.00. The molecule has 0 bridgehead atoms. The summed E-state index contributed by atoms with van der Waals surface area (Å²) in [5.74, 6) is 0.405. The molecule has 26 heavy (non-hydrogen) atoms. The number of likely N-dealkylation sites (N-methyl/N-ethyl adjacent to an activating group) is 1. The standard InChI is InChI=1S/C19H23N3O4/c1-21(17-11-25-12-18(17)23)19(24)16-8-15(26-20-16)10-22-7-6-13-4-2-3-5-14(13)9-22/h2-5,8,17-18,23H,6-7,9-12H2,1H3/t17-,18-/m1/s1. The molecule has 1 saturated heterocycles. The highest BCUT2D eigenvalue weighted by Crippen LogP contribution is 2.21. The molecule has 0 unspecified atom stereocenters. The van der Waals surface area contributed by atoms with Crippen LogP contribution in [0.4, 0.5) is 0 Å². The van der Waals surface area contributed by atoms with Crippen LogP contribution in [0.2, 0.25) is 0 Å². The van der Waals surface area contributed by atoms with Gasteiger partial charge >= 0.3 is 0 Å². The molecule has 4 rings (SSSR count). The van der Waals surface area contributed by atoms with Crippen LogP contribution in [0.15, 0.2) is 34.9 Å². The zero-order chi connectivity index (χ0) is 18.1. The molecule has 2 aliphatic heterocycles. The van der Waals surface area contributed by atoms with Gasteiger partial charge in [-0.3, -0.25) is 9.69 Å². The molecule has 1 aromatic heterocycles. The Morgan fingerprint density at radius 3 is 2.92 bits per heavy atom. The number of aliphatic hydroxyl groups excluding tert-OH is 1. The number of nitrogens with zero attached hydrogens (tertiary/aromatic N) is 3. The number of carbonyl (C=O) groups is 1. The maximum Gasteiger partial charge on any atom is 0.276 e. The van der Waals surface area contributed by atoms with Crippen molar-refractivity contribution in [3.63, 3.8) is 0 Å². The summed E-state index contributed by atoms with van der Waals surface area (Å²) >= 11 is 0. The van der Waals surface area contributed by atoms with Gasteiger partial charge in [0.25, 0.3) is 5.91 Å². The topological polar surface area (TPSA) is 79.0 Å². The Balaban J connectivity index is 1.40. The van der Waals surface area contributed by atoms with E-state index in [0.29, 0.717) is 18.9 Å². The molecule has 7 nitrogen and oxygen atoms in total. The molecule has 1 N–H and O–H groups in total. The van der Waals surface area contributed by atoms with E-state index in [2.05, 4.69) is 34.3 Å². The lowest BCUT2D eigenvalue weighted by atomic mass is 10.00. The number of ether oxygens (including phenoxy) is 1. The minimum absolute atomic E-state index is 0.253. The molecule has 2 aromatic rings. The van der Waals surface area contributed by atoms with E-state index in [1.165, 1.54) is 16.0 Å². The minimum atomic E-state index is -0.663. The van der Waals surface area contributed by atoms with Crippen LogP contribution in [0.25, 0.3) is 0 Å². The van der Waals surface area contributed by atoms with E-state index < -0.39 is 6.10 Å². The number of aromatic nitrogens is 1. The maximum atomic E-state index is 12.6. The van der Waals surface area contributed by atoms with Crippen LogP contribution >= 0.6 is 0 Å². The summed E-state index contributed by atoms with van der Waals surface area (Å²) < 4.78 is 10.6. The van der Waals surface area contributed by atoms with Gasteiger partial charge in [-0.25, -0.2) is 0 Å². The maximum absolute atomic E-state index is 12.6. The van der Waals surface area contributed by atoms with Gasteiger partial charge in [-0.15, -0.1) is 0 Å². The van der Waals surface area contributed by atoms with Gasteiger partial charge in [-0.05, 0) is 17.5 Å². The number of fused-ring (bicyclic) bond motifs is 1. The van der Waals surface area contributed by atoms with E-state index in [4.69, 9.17) is 9.26 Å². The average Bonchev–Trinajstić information content (AvgIpc) is 3.29. The van der Waals surface area contributed by atoms with Crippen molar-refractivity contribution < 1.29 is 19.2 Å². The Morgan fingerprint density at radius 2 is 2.15 bits per heavy atom. The van der Waals surface area contributed by atoms with Crippen molar-refractivity contribution in [1.29, 1.82) is 0 Å². The van der Waals surface area contributed by atoms with Gasteiger partial charge in [0.15, 0.2) is 11.5 Å². The zero-order valence-corrected chi connectivity index (χ0v) is 14.8. The Kier molecular flexibility index (Phi) is 4.76. The number of rotatable bonds is 4. The molecule has 2 atom stereocenters. The third-order valence-corrected chi connectivity index (χ3v) is 5.21. The quantitative estimate of drug-likeness (QED) is 0.882. The zero-order valence-electron chi connectivity index (χ0n) is 14.8. The van der Waals surface area contributed by atoms with Gasteiger partial charge in [0.2, 0.25) is 0 Å². The highest BCUT2D eigenvalue weighted by Gasteiger charge is 2.33. The van der Waals surface area contributed by atoms with Gasteiger partial charge < -0.3 is 19.3 Å². The molecule has 1 amide bonds. The molecule has 3 heterocycles. The summed E-state index contributed by atoms with van der Waals surface area (Å²) in [7, 11) is 1.65. The van der Waals surface area contributed by atoms with Crippen LogP contribution in [0.1, 0.15) is 27.4 Å². The summed E-state index contributed by atoms with van der Waals surface area (Å²) in [6.07, 6.45) is 0.349. The van der Waals surface area contributed by atoms with Crippen molar-refractivity contribution >= 4 is 5.91 Å². The predicted molar refractivity (Wildman–Crippen MR) is 93.5 cm³/mol. The van der Waals surface area contributed by atoms with Crippen molar-refractivity contribution in [3.8, 4) is 0 Å². The Morgan fingerprint density at radius 1 is 1.35 bits per heavy atom. The fourth-order valence-electron chi connectivity index (χ4n) is 3.63. The second-order valence-electron chi connectivity index (χ2n) is 7.00. The van der Waals surface area contributed by atoms with Gasteiger partial charge in [0, 0.05) is 26.2 Å². The first-order valence-corrected chi connectivity index (χ1v) is 8.89. The number of benzene rings is 1. The van der Waals surface area contributed by atoms with Crippen LogP contribution in [-0.4, -0.2) is 64.9 Å². The molecule has 1 aromatic carbocycles. The van der Waals surface area contributed by atoms with Crippen LogP contribution in [0, 0.1) is 0 Å². The Bertz CT molecular complexity index is 791. The molecular weight excluding hydrogens is 334 g/mol. The van der Waals surface area contributed by atoms with Gasteiger partial charge in [-0.2, -0.15) is 0 Å². The van der Waals surface area contributed by atoms with Crippen LogP contribution in [0.5, 0.6) is 0 Å². The molecule has 0 radical (unpaired) electrons. The SMILES string of the molecule is CN(C(=O)c1cc(CN2CCc3ccccc3C2)on1)[C@@H]1COC[C@H]1O. The highest BCUT2D eigenvalue weighted by molar-refractivity contribution is 5.92. The summed E-state index contributed by atoms with van der Waals surface area (Å²) in [5, 5.41) is 13.8. The highest BCUT2D eigenvalue weighted by atomic mass is 16.5. The van der Waals surface area contributed by atoms with Crippen molar-refractivity contribution in [1.82, 2.24) is 15.0 Å².